The lowest BCUT2D eigenvalue weighted by molar-refractivity contribution is 0.0691. The van der Waals surface area contributed by atoms with Crippen molar-refractivity contribution in [2.24, 2.45) is 0 Å². The largest absolute Gasteiger partial charge is 0.476 e. The number of thiazole rings is 1. The molecule has 0 amide bonds. The van der Waals surface area contributed by atoms with Crippen molar-refractivity contribution in [1.29, 1.82) is 0 Å². The number of rotatable bonds is 8. The zero-order valence-electron chi connectivity index (χ0n) is 12.3. The molecule has 1 heterocycles. The Hall–Kier alpha value is -1.68. The molecule has 2 aromatic rings. The molecule has 0 saturated heterocycles. The Bertz CT molecular complexity index is 575. The number of unbranched alkanes of at least 4 members (excludes halogenated alkanes) is 3. The van der Waals surface area contributed by atoms with Gasteiger partial charge in [-0.05, 0) is 24.0 Å². The first kappa shape index (κ1) is 15.7. The Morgan fingerprint density at radius 1 is 1.14 bits per heavy atom. The number of hydrogen-bond acceptors (Lipinski definition) is 3. The number of aromatic nitrogens is 1. The van der Waals surface area contributed by atoms with Gasteiger partial charge in [-0.15, -0.1) is 11.3 Å². The summed E-state index contributed by atoms with van der Waals surface area (Å²) < 4.78 is 0. The third-order valence-electron chi connectivity index (χ3n) is 3.47. The standard InChI is InChI=1S/C17H21NO2S/c1-2-3-4-5-6-13-7-9-14(10-8-13)11-16-18-15(12-21-16)17(19)20/h7-10,12H,2-6,11H2,1H3,(H,19,20). The second-order valence-corrected chi connectivity index (χ2v) is 6.18. The van der Waals surface area contributed by atoms with Crippen LogP contribution >= 0.6 is 11.3 Å². The van der Waals surface area contributed by atoms with Crippen LogP contribution in [-0.2, 0) is 12.8 Å². The average Bonchev–Trinajstić information content (AvgIpc) is 2.94. The van der Waals surface area contributed by atoms with Crippen molar-refractivity contribution in [3.8, 4) is 0 Å². The Labute approximate surface area is 129 Å². The van der Waals surface area contributed by atoms with Crippen molar-refractivity contribution in [3.05, 3.63) is 51.5 Å². The Kier molecular flexibility index (Phi) is 5.93. The van der Waals surface area contributed by atoms with Gasteiger partial charge in [0.2, 0.25) is 0 Å². The molecule has 4 heteroatoms. The summed E-state index contributed by atoms with van der Waals surface area (Å²) >= 11 is 1.40. The second kappa shape index (κ2) is 7.93. The summed E-state index contributed by atoms with van der Waals surface area (Å²) in [6.45, 7) is 2.23. The van der Waals surface area contributed by atoms with E-state index in [1.807, 2.05) is 0 Å². The summed E-state index contributed by atoms with van der Waals surface area (Å²) in [5.41, 5.74) is 2.70. The monoisotopic (exact) mass is 303 g/mol. The molecular weight excluding hydrogens is 282 g/mol. The molecule has 0 saturated carbocycles. The molecule has 1 N–H and O–H groups in total. The highest BCUT2D eigenvalue weighted by molar-refractivity contribution is 7.09. The summed E-state index contributed by atoms with van der Waals surface area (Å²) in [4.78, 5) is 14.9. The van der Waals surface area contributed by atoms with Crippen molar-refractivity contribution >= 4 is 17.3 Å². The van der Waals surface area contributed by atoms with Crippen LogP contribution in [-0.4, -0.2) is 16.1 Å². The Morgan fingerprint density at radius 3 is 2.48 bits per heavy atom. The molecule has 1 aromatic carbocycles. The molecular formula is C17H21NO2S. The highest BCUT2D eigenvalue weighted by Crippen LogP contribution is 2.16. The molecule has 0 fully saturated rings. The van der Waals surface area contributed by atoms with E-state index in [0.717, 1.165) is 11.4 Å². The van der Waals surface area contributed by atoms with E-state index in [4.69, 9.17) is 5.11 Å². The lowest BCUT2D eigenvalue weighted by Crippen LogP contribution is -1.97. The predicted octanol–water partition coefficient (Wildman–Crippen LogP) is 4.55. The van der Waals surface area contributed by atoms with Crippen molar-refractivity contribution < 1.29 is 9.90 Å². The number of hydrogen-bond donors (Lipinski definition) is 1. The average molecular weight is 303 g/mol. The van der Waals surface area contributed by atoms with Crippen LogP contribution in [0.5, 0.6) is 0 Å². The van der Waals surface area contributed by atoms with E-state index in [1.54, 1.807) is 5.38 Å². The molecule has 0 radical (unpaired) electrons. The molecule has 0 aliphatic heterocycles. The normalized spacial score (nSPS) is 10.7. The Balaban J connectivity index is 1.88. The minimum Gasteiger partial charge on any atom is -0.476 e. The van der Waals surface area contributed by atoms with E-state index in [2.05, 4.69) is 36.2 Å². The quantitative estimate of drug-likeness (QED) is 0.728. The molecule has 0 unspecified atom stereocenters. The van der Waals surface area contributed by atoms with E-state index < -0.39 is 5.97 Å². The fourth-order valence-corrected chi connectivity index (χ4v) is 3.05. The number of carbonyl (C=O) groups is 1. The highest BCUT2D eigenvalue weighted by Gasteiger charge is 2.08. The van der Waals surface area contributed by atoms with Crippen LogP contribution in [0.1, 0.15) is 59.2 Å². The third kappa shape index (κ3) is 4.97. The number of carboxylic acids is 1. The summed E-state index contributed by atoms with van der Waals surface area (Å²) in [5, 5.41) is 11.3. The number of nitrogens with zero attached hydrogens (tertiary/aromatic N) is 1. The summed E-state index contributed by atoms with van der Waals surface area (Å²) in [7, 11) is 0. The van der Waals surface area contributed by atoms with Crippen molar-refractivity contribution in [1.82, 2.24) is 4.98 Å². The third-order valence-corrected chi connectivity index (χ3v) is 4.32. The summed E-state index contributed by atoms with van der Waals surface area (Å²) in [6, 6.07) is 8.59. The lowest BCUT2D eigenvalue weighted by Gasteiger charge is -2.03. The van der Waals surface area contributed by atoms with Crippen LogP contribution in [0.4, 0.5) is 0 Å². The zero-order chi connectivity index (χ0) is 15.1. The lowest BCUT2D eigenvalue weighted by atomic mass is 10.0. The van der Waals surface area contributed by atoms with Gasteiger partial charge in [-0.2, -0.15) is 0 Å². The van der Waals surface area contributed by atoms with E-state index in [1.165, 1.54) is 48.1 Å². The molecule has 0 spiro atoms. The maximum Gasteiger partial charge on any atom is 0.355 e. The minimum atomic E-state index is -0.958. The van der Waals surface area contributed by atoms with Crippen LogP contribution in [0.2, 0.25) is 0 Å². The zero-order valence-corrected chi connectivity index (χ0v) is 13.2. The minimum absolute atomic E-state index is 0.141. The van der Waals surface area contributed by atoms with Gasteiger partial charge in [-0.3, -0.25) is 0 Å². The predicted molar refractivity (Wildman–Crippen MR) is 86.2 cm³/mol. The molecule has 2 rings (SSSR count). The van der Waals surface area contributed by atoms with E-state index in [9.17, 15) is 4.79 Å². The molecule has 0 aliphatic carbocycles. The van der Waals surface area contributed by atoms with E-state index in [-0.39, 0.29) is 5.69 Å². The second-order valence-electron chi connectivity index (χ2n) is 5.24. The maximum atomic E-state index is 10.8. The van der Waals surface area contributed by atoms with Gasteiger partial charge in [0, 0.05) is 11.8 Å². The molecule has 1 aromatic heterocycles. The van der Waals surface area contributed by atoms with Gasteiger partial charge >= 0.3 is 5.97 Å². The van der Waals surface area contributed by atoms with Crippen molar-refractivity contribution in [3.63, 3.8) is 0 Å². The first-order chi connectivity index (χ1) is 10.2. The van der Waals surface area contributed by atoms with E-state index >= 15 is 0 Å². The first-order valence-corrected chi connectivity index (χ1v) is 8.32. The van der Waals surface area contributed by atoms with Gasteiger partial charge < -0.3 is 5.11 Å². The van der Waals surface area contributed by atoms with E-state index in [0.29, 0.717) is 6.42 Å². The van der Waals surface area contributed by atoms with Crippen LogP contribution in [0.3, 0.4) is 0 Å². The molecule has 112 valence electrons. The number of carboxylic acid groups (broad SMARTS) is 1. The molecule has 0 bridgehead atoms. The van der Waals surface area contributed by atoms with Crippen LogP contribution in [0, 0.1) is 0 Å². The maximum absolute atomic E-state index is 10.8. The van der Waals surface area contributed by atoms with Crippen LogP contribution < -0.4 is 0 Å². The van der Waals surface area contributed by atoms with Gasteiger partial charge in [-0.1, -0.05) is 50.5 Å². The Morgan fingerprint density at radius 2 is 1.86 bits per heavy atom. The summed E-state index contributed by atoms with van der Waals surface area (Å²) in [5.74, 6) is -0.958. The van der Waals surface area contributed by atoms with Gasteiger partial charge in [-0.25, -0.2) is 9.78 Å². The van der Waals surface area contributed by atoms with Crippen LogP contribution in [0.25, 0.3) is 0 Å². The van der Waals surface area contributed by atoms with Crippen molar-refractivity contribution in [2.75, 3.05) is 0 Å². The molecule has 0 atom stereocenters. The van der Waals surface area contributed by atoms with Crippen molar-refractivity contribution in [2.45, 2.75) is 45.4 Å². The number of benzene rings is 1. The molecule has 21 heavy (non-hydrogen) atoms. The number of aryl methyl sites for hydroxylation is 1. The SMILES string of the molecule is CCCCCCc1ccc(Cc2nc(C(=O)O)cs2)cc1. The number of aromatic carboxylic acids is 1. The summed E-state index contributed by atoms with van der Waals surface area (Å²) in [6.07, 6.45) is 6.98. The van der Waals surface area contributed by atoms with Gasteiger partial charge in [0.1, 0.15) is 0 Å². The van der Waals surface area contributed by atoms with Gasteiger partial charge in [0.15, 0.2) is 5.69 Å². The topological polar surface area (TPSA) is 50.2 Å². The molecule has 0 aliphatic rings. The smallest absolute Gasteiger partial charge is 0.355 e. The highest BCUT2D eigenvalue weighted by atomic mass is 32.1. The molecule has 3 nitrogen and oxygen atoms in total. The van der Waals surface area contributed by atoms with Crippen LogP contribution in [0.15, 0.2) is 29.6 Å². The van der Waals surface area contributed by atoms with Gasteiger partial charge in [0.25, 0.3) is 0 Å². The van der Waals surface area contributed by atoms with Gasteiger partial charge in [0.05, 0.1) is 5.01 Å². The fourth-order valence-electron chi connectivity index (χ4n) is 2.24. The first-order valence-electron chi connectivity index (χ1n) is 7.44. The fraction of sp³-hybridized carbons (Fsp3) is 0.412.